The summed E-state index contributed by atoms with van der Waals surface area (Å²) >= 11 is 7.30. The second kappa shape index (κ2) is 10.5. The van der Waals surface area contributed by atoms with Crippen LogP contribution in [0.1, 0.15) is 12.5 Å². The van der Waals surface area contributed by atoms with E-state index in [-0.39, 0.29) is 29.7 Å². The van der Waals surface area contributed by atoms with Crippen molar-refractivity contribution in [2.75, 3.05) is 16.4 Å². The third-order valence-corrected chi connectivity index (χ3v) is 6.07. The van der Waals surface area contributed by atoms with Gasteiger partial charge in [-0.25, -0.2) is 4.98 Å². The highest BCUT2D eigenvalue weighted by Crippen LogP contribution is 2.21. The van der Waals surface area contributed by atoms with Crippen LogP contribution in [0, 0.1) is 0 Å². The maximum atomic E-state index is 13.2. The van der Waals surface area contributed by atoms with Crippen LogP contribution in [-0.4, -0.2) is 27.1 Å². The van der Waals surface area contributed by atoms with Crippen LogP contribution in [-0.2, 0) is 16.1 Å². The smallest absolute Gasteiger partial charge is 0.262 e. The molecule has 4 rings (SSSR count). The van der Waals surface area contributed by atoms with Gasteiger partial charge in [0.05, 0.1) is 23.2 Å². The zero-order valence-electron chi connectivity index (χ0n) is 18.2. The van der Waals surface area contributed by atoms with Gasteiger partial charge in [0.15, 0.2) is 5.16 Å². The zero-order chi connectivity index (χ0) is 24.1. The fourth-order valence-electron chi connectivity index (χ4n) is 3.42. The number of amides is 2. The molecule has 0 bridgehead atoms. The number of hydrogen-bond donors (Lipinski definition) is 2. The minimum atomic E-state index is -0.262. The molecule has 7 nitrogen and oxygen atoms in total. The van der Waals surface area contributed by atoms with Crippen LogP contribution in [0.4, 0.5) is 11.4 Å². The van der Waals surface area contributed by atoms with Crippen LogP contribution >= 0.6 is 23.4 Å². The van der Waals surface area contributed by atoms with Gasteiger partial charge in [-0.1, -0.05) is 53.7 Å². The van der Waals surface area contributed by atoms with Crippen LogP contribution in [0.25, 0.3) is 10.9 Å². The largest absolute Gasteiger partial charge is 0.326 e. The van der Waals surface area contributed by atoms with E-state index in [0.29, 0.717) is 32.5 Å². The van der Waals surface area contributed by atoms with Crippen molar-refractivity contribution in [1.29, 1.82) is 0 Å². The molecule has 0 fully saturated rings. The lowest BCUT2D eigenvalue weighted by Crippen LogP contribution is -2.25. The van der Waals surface area contributed by atoms with E-state index in [1.54, 1.807) is 59.2 Å². The summed E-state index contributed by atoms with van der Waals surface area (Å²) in [5.74, 6) is -0.411. The van der Waals surface area contributed by atoms with E-state index in [4.69, 9.17) is 11.6 Å². The molecule has 1 heterocycles. The number of carbonyl (C=O) groups is 2. The fraction of sp³-hybridized carbons (Fsp3) is 0.120. The van der Waals surface area contributed by atoms with Gasteiger partial charge in [0, 0.05) is 23.3 Å². The number of benzene rings is 3. The van der Waals surface area contributed by atoms with Gasteiger partial charge in [-0.3, -0.25) is 19.0 Å². The van der Waals surface area contributed by atoms with E-state index in [1.807, 2.05) is 18.2 Å². The highest BCUT2D eigenvalue weighted by molar-refractivity contribution is 7.99. The van der Waals surface area contributed by atoms with Crippen molar-refractivity contribution < 1.29 is 9.59 Å². The Morgan fingerprint density at radius 2 is 1.71 bits per heavy atom. The standard InChI is InChI=1S/C25H21ClN4O3S/c1-16(31)27-19-8-5-9-20(13-19)28-23(32)15-34-25-29-22-11-3-2-10-21(22)24(33)30(25)14-17-6-4-7-18(26)12-17/h2-13H,14-15H2,1H3,(H,27,31)(H,28,32). The number of aromatic nitrogens is 2. The molecule has 0 aliphatic carbocycles. The molecule has 34 heavy (non-hydrogen) atoms. The average Bonchev–Trinajstić information content (AvgIpc) is 2.80. The van der Waals surface area contributed by atoms with Gasteiger partial charge in [0.2, 0.25) is 11.8 Å². The molecule has 172 valence electrons. The minimum absolute atomic E-state index is 0.0463. The number of nitrogens with zero attached hydrogens (tertiary/aromatic N) is 2. The molecule has 0 saturated heterocycles. The highest BCUT2D eigenvalue weighted by atomic mass is 35.5. The molecule has 0 radical (unpaired) electrons. The predicted molar refractivity (Wildman–Crippen MR) is 137 cm³/mol. The lowest BCUT2D eigenvalue weighted by Gasteiger charge is -2.14. The molecule has 0 spiro atoms. The van der Waals surface area contributed by atoms with Crippen molar-refractivity contribution >= 4 is 57.5 Å². The molecule has 2 N–H and O–H groups in total. The first-order valence-corrected chi connectivity index (χ1v) is 11.8. The number of halogens is 1. The zero-order valence-corrected chi connectivity index (χ0v) is 19.8. The number of nitrogens with one attached hydrogen (secondary N) is 2. The summed E-state index contributed by atoms with van der Waals surface area (Å²) in [4.78, 5) is 41.8. The minimum Gasteiger partial charge on any atom is -0.326 e. The summed E-state index contributed by atoms with van der Waals surface area (Å²) < 4.78 is 1.56. The normalized spacial score (nSPS) is 10.8. The molecule has 2 amide bonds. The van der Waals surface area contributed by atoms with Crippen LogP contribution in [0.15, 0.2) is 82.7 Å². The average molecular weight is 493 g/mol. The summed E-state index contributed by atoms with van der Waals surface area (Å²) in [5.41, 5.74) is 2.38. The maximum absolute atomic E-state index is 13.2. The van der Waals surface area contributed by atoms with E-state index >= 15 is 0 Å². The van der Waals surface area contributed by atoms with Gasteiger partial charge in [0.1, 0.15) is 0 Å². The van der Waals surface area contributed by atoms with E-state index in [2.05, 4.69) is 15.6 Å². The van der Waals surface area contributed by atoms with Gasteiger partial charge in [-0.05, 0) is 48.0 Å². The number of fused-ring (bicyclic) bond motifs is 1. The molecular weight excluding hydrogens is 472 g/mol. The van der Waals surface area contributed by atoms with Crippen LogP contribution in [0.5, 0.6) is 0 Å². The highest BCUT2D eigenvalue weighted by Gasteiger charge is 2.14. The number of rotatable bonds is 7. The van der Waals surface area contributed by atoms with Gasteiger partial charge >= 0.3 is 0 Å². The number of para-hydroxylation sites is 1. The third kappa shape index (κ3) is 5.84. The first-order valence-electron chi connectivity index (χ1n) is 10.4. The topological polar surface area (TPSA) is 93.1 Å². The molecule has 0 aliphatic heterocycles. The molecule has 0 unspecified atom stereocenters. The molecule has 0 saturated carbocycles. The van der Waals surface area contributed by atoms with Crippen molar-refractivity contribution in [3.05, 3.63) is 93.7 Å². The van der Waals surface area contributed by atoms with Crippen molar-refractivity contribution in [2.45, 2.75) is 18.6 Å². The van der Waals surface area contributed by atoms with Crippen molar-refractivity contribution in [3.63, 3.8) is 0 Å². The van der Waals surface area contributed by atoms with Gasteiger partial charge < -0.3 is 10.6 Å². The Hall–Kier alpha value is -3.62. The van der Waals surface area contributed by atoms with E-state index in [9.17, 15) is 14.4 Å². The lowest BCUT2D eigenvalue weighted by atomic mass is 10.2. The quantitative estimate of drug-likeness (QED) is 0.286. The molecular formula is C25H21ClN4O3S. The Morgan fingerprint density at radius 1 is 0.971 bits per heavy atom. The van der Waals surface area contributed by atoms with E-state index in [0.717, 1.165) is 5.56 Å². The predicted octanol–water partition coefficient (Wildman–Crippen LogP) is 4.79. The number of anilines is 2. The van der Waals surface area contributed by atoms with Crippen molar-refractivity contribution in [1.82, 2.24) is 9.55 Å². The summed E-state index contributed by atoms with van der Waals surface area (Å²) in [6.45, 7) is 1.70. The third-order valence-electron chi connectivity index (χ3n) is 4.86. The summed E-state index contributed by atoms with van der Waals surface area (Å²) in [6, 6.07) is 21.3. The summed E-state index contributed by atoms with van der Waals surface area (Å²) in [7, 11) is 0. The molecule has 9 heteroatoms. The number of thioether (sulfide) groups is 1. The number of hydrogen-bond acceptors (Lipinski definition) is 5. The van der Waals surface area contributed by atoms with Crippen molar-refractivity contribution in [3.8, 4) is 0 Å². The van der Waals surface area contributed by atoms with Gasteiger partial charge in [0.25, 0.3) is 5.56 Å². The van der Waals surface area contributed by atoms with Crippen molar-refractivity contribution in [2.24, 2.45) is 0 Å². The molecule has 0 aliphatic rings. The second-order valence-electron chi connectivity index (χ2n) is 7.53. The summed E-state index contributed by atoms with van der Waals surface area (Å²) in [5, 5.41) is 7.01. The Morgan fingerprint density at radius 3 is 2.47 bits per heavy atom. The first-order chi connectivity index (χ1) is 16.4. The van der Waals surface area contributed by atoms with Gasteiger partial charge in [-0.15, -0.1) is 0 Å². The molecule has 4 aromatic rings. The van der Waals surface area contributed by atoms with E-state index < -0.39 is 0 Å². The summed E-state index contributed by atoms with van der Waals surface area (Å²) in [6.07, 6.45) is 0. The number of carbonyl (C=O) groups excluding carboxylic acids is 2. The SMILES string of the molecule is CC(=O)Nc1cccc(NC(=O)CSc2nc3ccccc3c(=O)n2Cc2cccc(Cl)c2)c1. The second-order valence-corrected chi connectivity index (χ2v) is 8.91. The Labute approximate surface area is 205 Å². The Kier molecular flexibility index (Phi) is 7.30. The first kappa shape index (κ1) is 23.5. The van der Waals surface area contributed by atoms with Crippen LogP contribution < -0.4 is 16.2 Å². The Bertz CT molecular complexity index is 1440. The van der Waals surface area contributed by atoms with Crippen LogP contribution in [0.2, 0.25) is 5.02 Å². The fourth-order valence-corrected chi connectivity index (χ4v) is 4.43. The molecule has 3 aromatic carbocycles. The monoisotopic (exact) mass is 492 g/mol. The van der Waals surface area contributed by atoms with Gasteiger partial charge in [-0.2, -0.15) is 0 Å². The molecule has 1 aromatic heterocycles. The Balaban J connectivity index is 1.56. The maximum Gasteiger partial charge on any atom is 0.262 e. The lowest BCUT2D eigenvalue weighted by molar-refractivity contribution is -0.114. The van der Waals surface area contributed by atoms with E-state index in [1.165, 1.54) is 18.7 Å². The van der Waals surface area contributed by atoms with Crippen LogP contribution in [0.3, 0.4) is 0 Å². The molecule has 0 atom stereocenters.